The lowest BCUT2D eigenvalue weighted by Crippen LogP contribution is -2.39. The van der Waals surface area contributed by atoms with Gasteiger partial charge < -0.3 is 16.0 Å². The Morgan fingerprint density at radius 3 is 2.60 bits per heavy atom. The number of rotatable bonds is 5. The molecule has 0 aliphatic carbocycles. The van der Waals surface area contributed by atoms with Crippen LogP contribution in [0.4, 0.5) is 5.69 Å². The molecule has 0 atom stereocenters. The standard InChI is InChI=1S/C14H20ClN3O2/c1-9(2)7-17-12(19)8-18(3)14(20)13-10(15)5-4-6-11(13)16/h4-6,9H,7-8,16H2,1-3H3,(H,17,19). The third-order valence-electron chi connectivity index (χ3n) is 2.69. The summed E-state index contributed by atoms with van der Waals surface area (Å²) in [5, 5.41) is 3.03. The van der Waals surface area contributed by atoms with Crippen molar-refractivity contribution in [3.05, 3.63) is 28.8 Å². The second-order valence-corrected chi connectivity index (χ2v) is 5.47. The number of benzene rings is 1. The molecule has 0 aliphatic heterocycles. The average molecular weight is 298 g/mol. The molecule has 0 aliphatic rings. The molecule has 0 fully saturated rings. The number of anilines is 1. The fourth-order valence-corrected chi connectivity index (χ4v) is 1.88. The van der Waals surface area contributed by atoms with Gasteiger partial charge in [-0.2, -0.15) is 0 Å². The Bertz CT molecular complexity index is 483. The highest BCUT2D eigenvalue weighted by molar-refractivity contribution is 6.34. The summed E-state index contributed by atoms with van der Waals surface area (Å²) in [5.74, 6) is -0.216. The molecule has 0 aromatic heterocycles. The molecule has 0 bridgehead atoms. The van der Waals surface area contributed by atoms with Crippen molar-refractivity contribution in [3.63, 3.8) is 0 Å². The minimum atomic E-state index is -0.368. The minimum Gasteiger partial charge on any atom is -0.398 e. The van der Waals surface area contributed by atoms with E-state index in [9.17, 15) is 9.59 Å². The van der Waals surface area contributed by atoms with E-state index in [-0.39, 0.29) is 28.9 Å². The first-order chi connectivity index (χ1) is 9.32. The normalized spacial score (nSPS) is 10.4. The van der Waals surface area contributed by atoms with Crippen molar-refractivity contribution in [2.24, 2.45) is 5.92 Å². The van der Waals surface area contributed by atoms with Gasteiger partial charge in [-0.1, -0.05) is 31.5 Å². The Hall–Kier alpha value is -1.75. The fraction of sp³-hybridized carbons (Fsp3) is 0.429. The van der Waals surface area contributed by atoms with E-state index in [1.165, 1.54) is 4.90 Å². The summed E-state index contributed by atoms with van der Waals surface area (Å²) in [6.45, 7) is 4.55. The highest BCUT2D eigenvalue weighted by Gasteiger charge is 2.19. The van der Waals surface area contributed by atoms with Crippen LogP contribution in [0.5, 0.6) is 0 Å². The van der Waals surface area contributed by atoms with Crippen LogP contribution in [0.15, 0.2) is 18.2 Å². The van der Waals surface area contributed by atoms with E-state index < -0.39 is 0 Å². The zero-order chi connectivity index (χ0) is 15.3. The van der Waals surface area contributed by atoms with Crippen LogP contribution in [0.1, 0.15) is 24.2 Å². The van der Waals surface area contributed by atoms with Crippen molar-refractivity contribution in [2.45, 2.75) is 13.8 Å². The van der Waals surface area contributed by atoms with Gasteiger partial charge in [0, 0.05) is 19.3 Å². The summed E-state index contributed by atoms with van der Waals surface area (Å²) in [4.78, 5) is 25.2. The van der Waals surface area contributed by atoms with Crippen LogP contribution >= 0.6 is 11.6 Å². The summed E-state index contributed by atoms with van der Waals surface area (Å²) >= 11 is 5.98. The monoisotopic (exact) mass is 297 g/mol. The van der Waals surface area contributed by atoms with Gasteiger partial charge in [0.15, 0.2) is 0 Å². The van der Waals surface area contributed by atoms with Crippen molar-refractivity contribution < 1.29 is 9.59 Å². The van der Waals surface area contributed by atoms with Crippen molar-refractivity contribution in [2.75, 3.05) is 25.9 Å². The van der Waals surface area contributed by atoms with Crippen LogP contribution in [0.3, 0.4) is 0 Å². The quantitative estimate of drug-likeness (QED) is 0.813. The summed E-state index contributed by atoms with van der Waals surface area (Å²) in [6.07, 6.45) is 0. The number of hydrogen-bond acceptors (Lipinski definition) is 3. The Kier molecular flexibility index (Phi) is 5.82. The van der Waals surface area contributed by atoms with Crippen molar-refractivity contribution in [1.29, 1.82) is 0 Å². The zero-order valence-corrected chi connectivity index (χ0v) is 12.7. The smallest absolute Gasteiger partial charge is 0.257 e. The predicted molar refractivity (Wildman–Crippen MR) is 80.7 cm³/mol. The first-order valence-electron chi connectivity index (χ1n) is 6.39. The lowest BCUT2D eigenvalue weighted by Gasteiger charge is -2.19. The molecule has 0 spiro atoms. The number of carbonyl (C=O) groups excluding carboxylic acids is 2. The van der Waals surface area contributed by atoms with Crippen LogP contribution < -0.4 is 11.1 Å². The second kappa shape index (κ2) is 7.14. The van der Waals surface area contributed by atoms with Gasteiger partial charge in [0.25, 0.3) is 5.91 Å². The maximum atomic E-state index is 12.2. The van der Waals surface area contributed by atoms with Crippen molar-refractivity contribution in [3.8, 4) is 0 Å². The predicted octanol–water partition coefficient (Wildman–Crippen LogP) is 1.77. The molecular formula is C14H20ClN3O2. The second-order valence-electron chi connectivity index (χ2n) is 5.06. The van der Waals surface area contributed by atoms with E-state index in [4.69, 9.17) is 17.3 Å². The van der Waals surface area contributed by atoms with Gasteiger partial charge in [0.05, 0.1) is 17.1 Å². The summed E-state index contributed by atoms with van der Waals surface area (Å²) in [6, 6.07) is 4.87. The van der Waals surface area contributed by atoms with Gasteiger partial charge in [-0.05, 0) is 18.1 Å². The molecule has 110 valence electrons. The van der Waals surface area contributed by atoms with Crippen LogP contribution in [-0.4, -0.2) is 36.9 Å². The van der Waals surface area contributed by atoms with Crippen molar-refractivity contribution >= 4 is 29.1 Å². The number of likely N-dealkylation sites (N-methyl/N-ethyl adjacent to an activating group) is 1. The third kappa shape index (κ3) is 4.42. The number of nitrogens with one attached hydrogen (secondary N) is 1. The average Bonchev–Trinajstić information content (AvgIpc) is 2.35. The molecule has 0 unspecified atom stereocenters. The number of amides is 2. The van der Waals surface area contributed by atoms with Crippen LogP contribution in [-0.2, 0) is 4.79 Å². The Morgan fingerprint density at radius 1 is 1.40 bits per heavy atom. The lowest BCUT2D eigenvalue weighted by molar-refractivity contribution is -0.121. The number of carbonyl (C=O) groups is 2. The largest absolute Gasteiger partial charge is 0.398 e. The van der Waals surface area contributed by atoms with Crippen LogP contribution in [0.2, 0.25) is 5.02 Å². The first-order valence-corrected chi connectivity index (χ1v) is 6.76. The molecular weight excluding hydrogens is 278 g/mol. The molecule has 0 radical (unpaired) electrons. The number of hydrogen-bond donors (Lipinski definition) is 2. The van der Waals surface area contributed by atoms with E-state index in [2.05, 4.69) is 5.32 Å². The van der Waals surface area contributed by atoms with Crippen LogP contribution in [0.25, 0.3) is 0 Å². The maximum absolute atomic E-state index is 12.2. The van der Waals surface area contributed by atoms with Gasteiger partial charge in [0.1, 0.15) is 0 Å². The first kappa shape index (κ1) is 16.3. The van der Waals surface area contributed by atoms with E-state index in [0.29, 0.717) is 18.2 Å². The molecule has 1 aromatic rings. The topological polar surface area (TPSA) is 75.4 Å². The molecule has 2 amide bonds. The van der Waals surface area contributed by atoms with Gasteiger partial charge in [0.2, 0.25) is 5.91 Å². The molecule has 0 saturated carbocycles. The van der Waals surface area contributed by atoms with E-state index in [1.807, 2.05) is 13.8 Å². The lowest BCUT2D eigenvalue weighted by atomic mass is 10.1. The van der Waals surface area contributed by atoms with Gasteiger partial charge in [-0.15, -0.1) is 0 Å². The van der Waals surface area contributed by atoms with Gasteiger partial charge in [-0.3, -0.25) is 9.59 Å². The number of nitrogen functional groups attached to an aromatic ring is 1. The van der Waals surface area contributed by atoms with E-state index in [0.717, 1.165) is 0 Å². The van der Waals surface area contributed by atoms with E-state index in [1.54, 1.807) is 25.2 Å². The Labute approximate surface area is 124 Å². The van der Waals surface area contributed by atoms with Crippen molar-refractivity contribution in [1.82, 2.24) is 10.2 Å². The molecule has 20 heavy (non-hydrogen) atoms. The Morgan fingerprint density at radius 2 is 2.05 bits per heavy atom. The zero-order valence-electron chi connectivity index (χ0n) is 11.9. The number of halogens is 1. The highest BCUT2D eigenvalue weighted by atomic mass is 35.5. The van der Waals surface area contributed by atoms with Crippen LogP contribution in [0, 0.1) is 5.92 Å². The maximum Gasteiger partial charge on any atom is 0.257 e. The molecule has 6 heteroatoms. The Balaban J connectivity index is 2.70. The SMILES string of the molecule is CC(C)CNC(=O)CN(C)C(=O)c1c(N)cccc1Cl. The van der Waals surface area contributed by atoms with Gasteiger partial charge >= 0.3 is 0 Å². The molecule has 1 aromatic carbocycles. The molecule has 5 nitrogen and oxygen atoms in total. The number of nitrogens with two attached hydrogens (primary N) is 1. The third-order valence-corrected chi connectivity index (χ3v) is 3.01. The van der Waals surface area contributed by atoms with Gasteiger partial charge in [-0.25, -0.2) is 0 Å². The van der Waals surface area contributed by atoms with E-state index >= 15 is 0 Å². The molecule has 0 heterocycles. The fourth-order valence-electron chi connectivity index (χ4n) is 1.62. The molecule has 3 N–H and O–H groups in total. The summed E-state index contributed by atoms with van der Waals surface area (Å²) in [7, 11) is 1.54. The summed E-state index contributed by atoms with van der Waals surface area (Å²) in [5.41, 5.74) is 6.29. The summed E-state index contributed by atoms with van der Waals surface area (Å²) < 4.78 is 0. The molecule has 0 saturated heterocycles. The number of nitrogens with zero attached hydrogens (tertiary/aromatic N) is 1. The highest BCUT2D eigenvalue weighted by Crippen LogP contribution is 2.23. The minimum absolute atomic E-state index is 0.0315. The molecule has 1 rings (SSSR count).